The van der Waals surface area contributed by atoms with Crippen LogP contribution < -0.4 is 10.1 Å². The van der Waals surface area contributed by atoms with Crippen LogP contribution in [0.5, 0.6) is 5.75 Å². The van der Waals surface area contributed by atoms with Crippen molar-refractivity contribution in [2.24, 2.45) is 0 Å². The fraction of sp³-hybridized carbons (Fsp3) is 0.316. The number of nitrogens with one attached hydrogen (secondary N) is 1. The summed E-state index contributed by atoms with van der Waals surface area (Å²) in [6.07, 6.45) is -0.0356. The van der Waals surface area contributed by atoms with E-state index in [1.165, 1.54) is 12.0 Å². The van der Waals surface area contributed by atoms with Crippen molar-refractivity contribution in [2.45, 2.75) is 20.3 Å². The Labute approximate surface area is 172 Å². The molecule has 0 atom stereocenters. The van der Waals surface area contributed by atoms with Crippen LogP contribution in [0.15, 0.2) is 24.3 Å². The van der Waals surface area contributed by atoms with Crippen LogP contribution >= 0.6 is 11.6 Å². The zero-order valence-electron chi connectivity index (χ0n) is 16.6. The highest BCUT2D eigenvalue weighted by Crippen LogP contribution is 2.27. The zero-order chi connectivity index (χ0) is 21.1. The zero-order valence-corrected chi connectivity index (χ0v) is 17.3. The first kappa shape index (κ1) is 20.5. The molecule has 0 aliphatic heterocycles. The van der Waals surface area contributed by atoms with Crippen LogP contribution in [0.2, 0.25) is 5.02 Å². The van der Waals surface area contributed by atoms with E-state index in [2.05, 4.69) is 20.4 Å². The Balaban J connectivity index is 1.64. The molecule has 0 fully saturated rings. The third-order valence-corrected chi connectivity index (χ3v) is 4.45. The number of aryl methyl sites for hydroxylation is 2. The Morgan fingerprint density at radius 3 is 2.72 bits per heavy atom. The van der Waals surface area contributed by atoms with Gasteiger partial charge in [0.15, 0.2) is 5.82 Å². The Kier molecular flexibility index (Phi) is 5.97. The molecular formula is C19H21ClN6O3. The number of anilines is 1. The second kappa shape index (κ2) is 8.44. The molecule has 0 bridgehead atoms. The van der Waals surface area contributed by atoms with Gasteiger partial charge in [-0.25, -0.2) is 9.50 Å². The normalized spacial score (nSPS) is 10.8. The minimum absolute atomic E-state index is 0.0356. The number of likely N-dealkylation sites (N-methyl/N-ethyl adjacent to an activating group) is 1. The SMILES string of the molecule is COc1ccc(Cl)cc1NC(=O)CN(C)C(=O)Cc1nc2nc(C)cc(C)n2n1. The Bertz CT molecular complexity index is 1080. The van der Waals surface area contributed by atoms with Crippen molar-refractivity contribution in [1.29, 1.82) is 0 Å². The highest BCUT2D eigenvalue weighted by Gasteiger charge is 2.18. The first-order chi connectivity index (χ1) is 13.8. The van der Waals surface area contributed by atoms with Crippen molar-refractivity contribution in [3.8, 4) is 5.75 Å². The standard InChI is InChI=1S/C19H21ClN6O3/c1-11-7-12(2)26-19(21-11)23-16(24-26)9-18(28)25(3)10-17(27)22-14-8-13(20)5-6-15(14)29-4/h5-8H,9-10H2,1-4H3,(H,22,27). The van der Waals surface area contributed by atoms with E-state index < -0.39 is 0 Å². The number of carbonyl (C=O) groups is 2. The molecule has 0 radical (unpaired) electrons. The summed E-state index contributed by atoms with van der Waals surface area (Å²) in [5, 5.41) is 7.48. The Morgan fingerprint density at radius 1 is 1.24 bits per heavy atom. The Morgan fingerprint density at radius 2 is 2.00 bits per heavy atom. The number of amides is 2. The molecule has 0 saturated carbocycles. The lowest BCUT2D eigenvalue weighted by Gasteiger charge is -2.17. The lowest BCUT2D eigenvalue weighted by Crippen LogP contribution is -2.36. The van der Waals surface area contributed by atoms with Crippen molar-refractivity contribution >= 4 is 34.9 Å². The summed E-state index contributed by atoms with van der Waals surface area (Å²) in [6, 6.07) is 6.77. The smallest absolute Gasteiger partial charge is 0.252 e. The molecule has 2 amide bonds. The number of rotatable bonds is 6. The number of halogens is 1. The van der Waals surface area contributed by atoms with E-state index in [9.17, 15) is 9.59 Å². The number of hydrogen-bond donors (Lipinski definition) is 1. The van der Waals surface area contributed by atoms with Gasteiger partial charge in [0.2, 0.25) is 11.8 Å². The molecule has 0 aliphatic rings. The van der Waals surface area contributed by atoms with Crippen LogP contribution in [0.3, 0.4) is 0 Å². The number of aromatic nitrogens is 4. The predicted molar refractivity (Wildman–Crippen MR) is 108 cm³/mol. The molecule has 10 heteroatoms. The summed E-state index contributed by atoms with van der Waals surface area (Å²) in [5.41, 5.74) is 2.14. The fourth-order valence-corrected chi connectivity index (χ4v) is 3.00. The number of methoxy groups -OCH3 is 1. The second-order valence-corrected chi connectivity index (χ2v) is 7.03. The minimum atomic E-state index is -0.377. The average Bonchev–Trinajstić information content (AvgIpc) is 3.04. The monoisotopic (exact) mass is 416 g/mol. The van der Waals surface area contributed by atoms with Gasteiger partial charge in [0.1, 0.15) is 5.75 Å². The van der Waals surface area contributed by atoms with Crippen molar-refractivity contribution in [1.82, 2.24) is 24.5 Å². The van der Waals surface area contributed by atoms with Gasteiger partial charge in [0.25, 0.3) is 5.78 Å². The molecule has 3 aromatic rings. The number of carbonyl (C=O) groups excluding carboxylic acids is 2. The van der Waals surface area contributed by atoms with E-state index in [0.29, 0.717) is 28.1 Å². The van der Waals surface area contributed by atoms with Crippen LogP contribution in [-0.4, -0.2) is 57.0 Å². The minimum Gasteiger partial charge on any atom is -0.495 e. The first-order valence-electron chi connectivity index (χ1n) is 8.84. The van der Waals surface area contributed by atoms with E-state index in [1.54, 1.807) is 29.8 Å². The number of nitrogens with zero attached hydrogens (tertiary/aromatic N) is 5. The summed E-state index contributed by atoms with van der Waals surface area (Å²) in [7, 11) is 3.04. The van der Waals surface area contributed by atoms with Gasteiger partial charge in [-0.15, -0.1) is 5.10 Å². The Hall–Kier alpha value is -3.20. The van der Waals surface area contributed by atoms with Gasteiger partial charge >= 0.3 is 0 Å². The summed E-state index contributed by atoms with van der Waals surface area (Å²) < 4.78 is 6.79. The maximum absolute atomic E-state index is 12.5. The highest BCUT2D eigenvalue weighted by molar-refractivity contribution is 6.31. The average molecular weight is 417 g/mol. The lowest BCUT2D eigenvalue weighted by molar-refractivity contribution is -0.132. The van der Waals surface area contributed by atoms with E-state index in [0.717, 1.165) is 11.4 Å². The molecule has 3 rings (SSSR count). The van der Waals surface area contributed by atoms with Gasteiger partial charge in [-0.3, -0.25) is 9.59 Å². The van der Waals surface area contributed by atoms with Gasteiger partial charge in [-0.05, 0) is 38.1 Å². The topological polar surface area (TPSA) is 102 Å². The number of hydrogen-bond acceptors (Lipinski definition) is 6. The third-order valence-electron chi connectivity index (χ3n) is 4.21. The lowest BCUT2D eigenvalue weighted by atomic mass is 10.3. The molecule has 2 heterocycles. The maximum Gasteiger partial charge on any atom is 0.252 e. The van der Waals surface area contributed by atoms with Gasteiger partial charge in [-0.2, -0.15) is 4.98 Å². The molecule has 29 heavy (non-hydrogen) atoms. The van der Waals surface area contributed by atoms with Crippen LogP contribution in [0.4, 0.5) is 5.69 Å². The van der Waals surface area contributed by atoms with E-state index in [4.69, 9.17) is 16.3 Å². The third kappa shape index (κ3) is 4.80. The summed E-state index contributed by atoms with van der Waals surface area (Å²) in [6.45, 7) is 3.62. The second-order valence-electron chi connectivity index (χ2n) is 6.60. The van der Waals surface area contributed by atoms with Gasteiger partial charge in [-0.1, -0.05) is 11.6 Å². The van der Waals surface area contributed by atoms with Crippen molar-refractivity contribution < 1.29 is 14.3 Å². The van der Waals surface area contributed by atoms with Crippen LogP contribution in [0.1, 0.15) is 17.2 Å². The molecule has 1 N–H and O–H groups in total. The molecule has 1 aromatic carbocycles. The number of benzene rings is 1. The molecule has 0 unspecified atom stereocenters. The number of fused-ring (bicyclic) bond motifs is 1. The van der Waals surface area contributed by atoms with Crippen LogP contribution in [0.25, 0.3) is 5.78 Å². The van der Waals surface area contributed by atoms with Gasteiger partial charge in [0.05, 0.1) is 25.8 Å². The van der Waals surface area contributed by atoms with E-state index >= 15 is 0 Å². The van der Waals surface area contributed by atoms with E-state index in [-0.39, 0.29) is 24.8 Å². The summed E-state index contributed by atoms with van der Waals surface area (Å²) in [5.74, 6) is 0.600. The highest BCUT2D eigenvalue weighted by atomic mass is 35.5. The molecule has 2 aromatic heterocycles. The van der Waals surface area contributed by atoms with Crippen molar-refractivity contribution in [3.05, 3.63) is 46.5 Å². The van der Waals surface area contributed by atoms with E-state index in [1.807, 2.05) is 19.9 Å². The molecule has 0 aliphatic carbocycles. The molecule has 9 nitrogen and oxygen atoms in total. The maximum atomic E-state index is 12.5. The first-order valence-corrected chi connectivity index (χ1v) is 9.22. The predicted octanol–water partition coefficient (Wildman–Crippen LogP) is 2.04. The van der Waals surface area contributed by atoms with Crippen LogP contribution in [-0.2, 0) is 16.0 Å². The molecule has 152 valence electrons. The molecule has 0 spiro atoms. The van der Waals surface area contributed by atoms with Crippen molar-refractivity contribution in [2.75, 3.05) is 26.0 Å². The quantitative estimate of drug-likeness (QED) is 0.659. The van der Waals surface area contributed by atoms with Crippen molar-refractivity contribution in [3.63, 3.8) is 0 Å². The van der Waals surface area contributed by atoms with Gasteiger partial charge < -0.3 is 15.0 Å². The number of ether oxygens (including phenoxy) is 1. The molecular weight excluding hydrogens is 396 g/mol. The largest absolute Gasteiger partial charge is 0.495 e. The van der Waals surface area contributed by atoms with Gasteiger partial charge in [0, 0.05) is 23.5 Å². The fourth-order valence-electron chi connectivity index (χ4n) is 2.82. The summed E-state index contributed by atoms with van der Waals surface area (Å²) in [4.78, 5) is 34.7. The van der Waals surface area contributed by atoms with Crippen LogP contribution in [0, 0.1) is 13.8 Å². The summed E-state index contributed by atoms with van der Waals surface area (Å²) >= 11 is 5.97. The molecule has 0 saturated heterocycles.